The van der Waals surface area contributed by atoms with Gasteiger partial charge in [-0.3, -0.25) is 27.3 Å². The minimum Gasteiger partial charge on any atom is -0.384 e. The van der Waals surface area contributed by atoms with Gasteiger partial charge in [-0.05, 0) is 13.3 Å². The number of hydrogen-bond acceptors (Lipinski definition) is 12. The minimum atomic E-state index is -4.86. The van der Waals surface area contributed by atoms with Gasteiger partial charge in [-0.15, -0.1) is 0 Å². The first-order chi connectivity index (χ1) is 14.6. The molecule has 7 N–H and O–H groups in total. The first-order valence-corrected chi connectivity index (χ1v) is 14.7. The number of unbranched alkanes of at least 4 members (excludes halogenated alkanes) is 1. The van der Waals surface area contributed by atoms with Gasteiger partial charge in [0.05, 0.1) is 6.61 Å². The summed E-state index contributed by atoms with van der Waals surface area (Å²) in [5.41, 5.74) is 0. The lowest BCUT2D eigenvalue weighted by atomic mass is 9.93. The third-order valence-corrected chi connectivity index (χ3v) is 6.99. The van der Waals surface area contributed by atoms with E-state index in [1.54, 1.807) is 0 Å². The zero-order valence-electron chi connectivity index (χ0n) is 17.5. The number of rotatable bonds is 14. The highest BCUT2D eigenvalue weighted by Gasteiger charge is 2.58. The average molecular weight is 532 g/mol. The summed E-state index contributed by atoms with van der Waals surface area (Å²) in [5, 5.41) is 38.0. The Morgan fingerprint density at radius 2 is 1.34 bits per heavy atom. The van der Waals surface area contributed by atoms with Crippen LogP contribution in [-0.4, -0.2) is 97.6 Å². The van der Waals surface area contributed by atoms with Gasteiger partial charge in [0.2, 0.25) is 0 Å². The SMILES string of the molecule is CCCCOC[C@H]1O[C@](C)(O)[C@@H](OP(=O)(O)CO)[C@H](OP(=O)(O)CO)[C@@H]1OP(=O)(O)CO. The molecule has 18 heteroatoms. The molecule has 1 saturated heterocycles. The number of aliphatic hydroxyl groups excluding tert-OH is 3. The molecular formula is C14H31O15P3. The molecule has 0 spiro atoms. The van der Waals surface area contributed by atoms with E-state index in [1.165, 1.54) is 0 Å². The molecule has 0 bridgehead atoms. The van der Waals surface area contributed by atoms with Gasteiger partial charge in [0, 0.05) is 6.61 Å². The first-order valence-electron chi connectivity index (χ1n) is 9.44. The molecule has 0 radical (unpaired) electrons. The van der Waals surface area contributed by atoms with Gasteiger partial charge in [0.25, 0.3) is 0 Å². The van der Waals surface area contributed by atoms with Crippen LogP contribution >= 0.6 is 22.8 Å². The predicted molar refractivity (Wildman–Crippen MR) is 107 cm³/mol. The average Bonchev–Trinajstić information content (AvgIpc) is 2.70. The highest BCUT2D eigenvalue weighted by Crippen LogP contribution is 2.54. The van der Waals surface area contributed by atoms with E-state index in [1.807, 2.05) is 6.92 Å². The fourth-order valence-electron chi connectivity index (χ4n) is 2.76. The topological polar surface area (TPSA) is 239 Å². The molecule has 1 rings (SSSR count). The largest absolute Gasteiger partial charge is 0.384 e. The first kappa shape index (κ1) is 30.2. The van der Waals surface area contributed by atoms with E-state index in [-0.39, 0.29) is 6.61 Å². The Hall–Kier alpha value is 0.210. The van der Waals surface area contributed by atoms with Gasteiger partial charge in [0.15, 0.2) is 5.79 Å². The molecule has 0 aromatic carbocycles. The van der Waals surface area contributed by atoms with Crippen molar-refractivity contribution in [2.75, 3.05) is 32.3 Å². The van der Waals surface area contributed by atoms with Crippen LogP contribution < -0.4 is 0 Å². The van der Waals surface area contributed by atoms with Gasteiger partial charge in [-0.2, -0.15) is 0 Å². The van der Waals surface area contributed by atoms with Gasteiger partial charge >= 0.3 is 22.8 Å². The van der Waals surface area contributed by atoms with Crippen LogP contribution in [0.15, 0.2) is 0 Å². The van der Waals surface area contributed by atoms with Crippen molar-refractivity contribution in [2.24, 2.45) is 0 Å². The van der Waals surface area contributed by atoms with Crippen molar-refractivity contribution in [1.82, 2.24) is 0 Å². The molecule has 8 atom stereocenters. The molecule has 192 valence electrons. The van der Waals surface area contributed by atoms with Crippen LogP contribution in [0.25, 0.3) is 0 Å². The molecule has 1 aliphatic heterocycles. The van der Waals surface area contributed by atoms with Gasteiger partial charge in [-0.1, -0.05) is 13.3 Å². The summed E-state index contributed by atoms with van der Waals surface area (Å²) in [6.45, 7) is 2.63. The zero-order chi connectivity index (χ0) is 24.8. The molecule has 1 fully saturated rings. The normalized spacial score (nSPS) is 34.4. The third kappa shape index (κ3) is 9.10. The maximum absolute atomic E-state index is 12.1. The van der Waals surface area contributed by atoms with Crippen molar-refractivity contribution in [3.05, 3.63) is 0 Å². The minimum absolute atomic E-state index is 0.207. The lowest BCUT2D eigenvalue weighted by Crippen LogP contribution is -2.65. The van der Waals surface area contributed by atoms with E-state index in [0.717, 1.165) is 13.3 Å². The van der Waals surface area contributed by atoms with Crippen LogP contribution in [0.3, 0.4) is 0 Å². The number of aliphatic hydroxyl groups is 4. The summed E-state index contributed by atoms with van der Waals surface area (Å²) in [5.74, 6) is -2.54. The zero-order valence-corrected chi connectivity index (χ0v) is 20.2. The second-order valence-electron chi connectivity index (χ2n) is 7.14. The summed E-state index contributed by atoms with van der Waals surface area (Å²) < 4.78 is 61.6. The van der Waals surface area contributed by atoms with Gasteiger partial charge in [-0.25, -0.2) is 0 Å². The summed E-state index contributed by atoms with van der Waals surface area (Å²) in [6.07, 6.45) is -10.4. The standard InChI is InChI=1S/C14H31O15P3/c1-3-4-5-25-6-10-11(27-30(19,20)7-15)12(28-31(21,22)8-16)13(14(2,18)26-10)29-32(23,24)9-17/h10-13,15-18H,3-9H2,1-2H3,(H,19,20)(H,21,22)(H,23,24)/t10-,11-,12-,13+,14+/m1/s1. The number of ether oxygens (including phenoxy) is 2. The molecule has 32 heavy (non-hydrogen) atoms. The quantitative estimate of drug-likeness (QED) is 0.110. The van der Waals surface area contributed by atoms with Crippen LogP contribution in [0.2, 0.25) is 0 Å². The smallest absolute Gasteiger partial charge is 0.353 e. The van der Waals surface area contributed by atoms with Crippen molar-refractivity contribution >= 4 is 22.8 Å². The fourth-order valence-corrected chi connectivity index (χ4v) is 4.88. The molecule has 0 aromatic rings. The van der Waals surface area contributed by atoms with Crippen LogP contribution in [-0.2, 0) is 36.7 Å². The maximum Gasteiger partial charge on any atom is 0.353 e. The van der Waals surface area contributed by atoms with E-state index in [9.17, 15) is 33.5 Å². The predicted octanol–water partition coefficient (Wildman–Crippen LogP) is -0.528. The lowest BCUT2D eigenvalue weighted by Gasteiger charge is -2.49. The van der Waals surface area contributed by atoms with Crippen LogP contribution in [0.1, 0.15) is 26.7 Å². The highest BCUT2D eigenvalue weighted by atomic mass is 31.2. The summed E-state index contributed by atoms with van der Waals surface area (Å²) in [6, 6.07) is 0. The Kier molecular flexibility index (Phi) is 11.6. The van der Waals surface area contributed by atoms with Crippen molar-refractivity contribution in [2.45, 2.75) is 56.9 Å². The molecule has 15 nitrogen and oxygen atoms in total. The summed E-state index contributed by atoms with van der Waals surface area (Å²) in [4.78, 5) is 29.2. The summed E-state index contributed by atoms with van der Waals surface area (Å²) >= 11 is 0. The Bertz CT molecular complexity index is 730. The molecule has 0 amide bonds. The van der Waals surface area contributed by atoms with Gasteiger partial charge in [0.1, 0.15) is 43.5 Å². The van der Waals surface area contributed by atoms with Crippen molar-refractivity contribution in [3.8, 4) is 0 Å². The molecular weight excluding hydrogens is 501 g/mol. The Morgan fingerprint density at radius 3 is 1.81 bits per heavy atom. The molecule has 0 saturated carbocycles. The summed E-state index contributed by atoms with van der Waals surface area (Å²) in [7, 11) is -14.5. The Morgan fingerprint density at radius 1 is 0.875 bits per heavy atom. The van der Waals surface area contributed by atoms with E-state index < -0.39 is 78.6 Å². The Labute approximate surface area is 184 Å². The molecule has 0 aromatic heterocycles. The second-order valence-corrected chi connectivity index (χ2v) is 12.4. The van der Waals surface area contributed by atoms with E-state index >= 15 is 0 Å². The molecule has 1 aliphatic rings. The van der Waals surface area contributed by atoms with Crippen LogP contribution in [0.5, 0.6) is 0 Å². The second kappa shape index (κ2) is 12.3. The lowest BCUT2D eigenvalue weighted by molar-refractivity contribution is -0.332. The van der Waals surface area contributed by atoms with E-state index in [2.05, 4.69) is 0 Å². The number of hydrogen-bond donors (Lipinski definition) is 7. The van der Waals surface area contributed by atoms with E-state index in [4.69, 9.17) is 38.4 Å². The maximum atomic E-state index is 12.1. The third-order valence-electron chi connectivity index (χ3n) is 4.22. The van der Waals surface area contributed by atoms with Gasteiger partial charge < -0.3 is 44.6 Å². The molecule has 1 heterocycles. The Balaban J connectivity index is 3.45. The fraction of sp³-hybridized carbons (Fsp3) is 1.00. The molecule has 0 aliphatic carbocycles. The molecule has 3 unspecified atom stereocenters. The highest BCUT2D eigenvalue weighted by molar-refractivity contribution is 7.53. The van der Waals surface area contributed by atoms with Crippen molar-refractivity contribution < 1.29 is 71.8 Å². The van der Waals surface area contributed by atoms with Crippen molar-refractivity contribution in [1.29, 1.82) is 0 Å². The van der Waals surface area contributed by atoms with Crippen LogP contribution in [0.4, 0.5) is 0 Å². The van der Waals surface area contributed by atoms with E-state index in [0.29, 0.717) is 6.42 Å². The van der Waals surface area contributed by atoms with Crippen LogP contribution in [0, 0.1) is 0 Å². The monoisotopic (exact) mass is 532 g/mol. The van der Waals surface area contributed by atoms with Crippen molar-refractivity contribution in [3.63, 3.8) is 0 Å².